The highest BCUT2D eigenvalue weighted by Crippen LogP contribution is 2.31. The van der Waals surface area contributed by atoms with E-state index in [1.165, 1.54) is 37.4 Å². The van der Waals surface area contributed by atoms with Crippen molar-refractivity contribution in [2.75, 3.05) is 18.0 Å². The van der Waals surface area contributed by atoms with Crippen LogP contribution < -0.4 is 9.04 Å². The van der Waals surface area contributed by atoms with Gasteiger partial charge in [0.25, 0.3) is 10.0 Å². The van der Waals surface area contributed by atoms with Gasteiger partial charge in [-0.25, -0.2) is 17.6 Å². The number of methoxy groups -OCH3 is 1. The molecule has 0 fully saturated rings. The van der Waals surface area contributed by atoms with Gasteiger partial charge in [0, 0.05) is 6.54 Å². The molecule has 0 aliphatic heterocycles. The van der Waals surface area contributed by atoms with Gasteiger partial charge in [-0.15, -0.1) is 0 Å². The summed E-state index contributed by atoms with van der Waals surface area (Å²) in [5.74, 6) is -2.11. The van der Waals surface area contributed by atoms with Crippen LogP contribution in [0.2, 0.25) is 0 Å². The zero-order valence-corrected chi connectivity index (χ0v) is 17.5. The quantitative estimate of drug-likeness (QED) is 0.614. The number of para-hydroxylation sites is 1. The number of aromatic carboxylic acids is 1. The fourth-order valence-corrected chi connectivity index (χ4v) is 5.05. The Bertz CT molecular complexity index is 1060. The summed E-state index contributed by atoms with van der Waals surface area (Å²) in [6.45, 7) is 0.0616. The lowest BCUT2D eigenvalue weighted by Gasteiger charge is -2.27. The number of allylic oxidation sites excluding steroid dienone is 1. The second kappa shape index (κ2) is 9.30. The third-order valence-corrected chi connectivity index (χ3v) is 6.94. The van der Waals surface area contributed by atoms with Crippen molar-refractivity contribution >= 4 is 21.7 Å². The monoisotopic (exact) mass is 433 g/mol. The van der Waals surface area contributed by atoms with Crippen molar-refractivity contribution in [3.63, 3.8) is 0 Å². The summed E-state index contributed by atoms with van der Waals surface area (Å²) in [4.78, 5) is 11.5. The molecule has 160 valence electrons. The molecule has 2 aromatic carbocycles. The van der Waals surface area contributed by atoms with Crippen LogP contribution in [0.4, 0.5) is 10.1 Å². The van der Waals surface area contributed by atoms with Gasteiger partial charge in [0.1, 0.15) is 0 Å². The molecule has 0 amide bonds. The number of carbonyl (C=O) groups is 1. The second-order valence-electron chi connectivity index (χ2n) is 7.05. The number of benzene rings is 2. The van der Waals surface area contributed by atoms with Crippen LogP contribution in [0.1, 0.15) is 42.5 Å². The van der Waals surface area contributed by atoms with E-state index in [0.29, 0.717) is 6.42 Å². The molecule has 3 rings (SSSR count). The number of carboxylic acids is 1. The largest absolute Gasteiger partial charge is 0.494 e. The Morgan fingerprint density at radius 3 is 2.60 bits per heavy atom. The lowest BCUT2D eigenvalue weighted by Crippen LogP contribution is -2.33. The van der Waals surface area contributed by atoms with Crippen LogP contribution in [0.25, 0.3) is 0 Å². The Hall–Kier alpha value is -2.87. The van der Waals surface area contributed by atoms with Crippen LogP contribution in [-0.2, 0) is 10.0 Å². The van der Waals surface area contributed by atoms with Crippen LogP contribution in [0.3, 0.4) is 0 Å². The fourth-order valence-electron chi connectivity index (χ4n) is 3.55. The number of hydrogen-bond donors (Lipinski definition) is 1. The first-order chi connectivity index (χ1) is 14.3. The van der Waals surface area contributed by atoms with Crippen molar-refractivity contribution in [2.24, 2.45) is 0 Å². The van der Waals surface area contributed by atoms with Crippen molar-refractivity contribution < 1.29 is 27.4 Å². The van der Waals surface area contributed by atoms with E-state index in [4.69, 9.17) is 4.74 Å². The summed E-state index contributed by atoms with van der Waals surface area (Å²) < 4.78 is 47.0. The first-order valence-electron chi connectivity index (χ1n) is 9.71. The van der Waals surface area contributed by atoms with Crippen molar-refractivity contribution in [2.45, 2.75) is 37.0 Å². The third-order valence-electron chi connectivity index (χ3n) is 5.14. The number of anilines is 1. The Kier molecular flexibility index (Phi) is 6.77. The number of sulfonamides is 1. The van der Waals surface area contributed by atoms with E-state index in [1.54, 1.807) is 6.07 Å². The van der Waals surface area contributed by atoms with Crippen molar-refractivity contribution in [3.8, 4) is 5.75 Å². The Labute approximate surface area is 175 Å². The van der Waals surface area contributed by atoms with Crippen LogP contribution in [0.15, 0.2) is 59.0 Å². The summed E-state index contributed by atoms with van der Waals surface area (Å²) in [6, 6.07) is 9.32. The van der Waals surface area contributed by atoms with Gasteiger partial charge in [-0.2, -0.15) is 0 Å². The lowest BCUT2D eigenvalue weighted by atomic mass is 9.97. The maximum Gasteiger partial charge on any atom is 0.337 e. The first-order valence-corrected chi connectivity index (χ1v) is 11.1. The smallest absolute Gasteiger partial charge is 0.337 e. The van der Waals surface area contributed by atoms with Gasteiger partial charge in [-0.1, -0.05) is 23.8 Å². The normalized spacial score (nSPS) is 14.1. The van der Waals surface area contributed by atoms with Crippen molar-refractivity contribution in [3.05, 3.63) is 65.5 Å². The molecule has 0 saturated heterocycles. The minimum absolute atomic E-state index is 0.0534. The number of halogens is 1. The molecule has 0 heterocycles. The number of ether oxygens (including phenoxy) is 1. The van der Waals surface area contributed by atoms with E-state index in [9.17, 15) is 22.7 Å². The first kappa shape index (κ1) is 21.8. The molecule has 6 nitrogen and oxygen atoms in total. The van der Waals surface area contributed by atoms with Crippen LogP contribution in [-0.4, -0.2) is 33.1 Å². The predicted octanol–water partition coefficient (Wildman–Crippen LogP) is 4.62. The van der Waals surface area contributed by atoms with Crippen LogP contribution in [0, 0.1) is 5.82 Å². The molecule has 0 saturated carbocycles. The van der Waals surface area contributed by atoms with Crippen molar-refractivity contribution in [1.82, 2.24) is 0 Å². The molecular weight excluding hydrogens is 409 g/mol. The van der Waals surface area contributed by atoms with Gasteiger partial charge in [-0.3, -0.25) is 4.31 Å². The highest BCUT2D eigenvalue weighted by Gasteiger charge is 2.29. The molecule has 0 unspecified atom stereocenters. The highest BCUT2D eigenvalue weighted by atomic mass is 32.2. The van der Waals surface area contributed by atoms with E-state index in [-0.39, 0.29) is 28.4 Å². The average Bonchev–Trinajstić information content (AvgIpc) is 2.74. The molecular formula is C22H24FNO5S. The molecule has 2 aromatic rings. The van der Waals surface area contributed by atoms with Gasteiger partial charge in [-0.05, 0) is 62.4 Å². The number of hydrogen-bond acceptors (Lipinski definition) is 4. The molecule has 1 N–H and O–H groups in total. The molecule has 0 bridgehead atoms. The summed E-state index contributed by atoms with van der Waals surface area (Å²) >= 11 is 0. The summed E-state index contributed by atoms with van der Waals surface area (Å²) in [6.07, 6.45) is 6.60. The average molecular weight is 434 g/mol. The minimum atomic E-state index is -4.21. The van der Waals surface area contributed by atoms with Gasteiger partial charge < -0.3 is 9.84 Å². The zero-order valence-electron chi connectivity index (χ0n) is 16.7. The maximum atomic E-state index is 14.2. The van der Waals surface area contributed by atoms with Gasteiger partial charge >= 0.3 is 5.97 Å². The Morgan fingerprint density at radius 1 is 1.20 bits per heavy atom. The van der Waals surface area contributed by atoms with E-state index in [0.717, 1.165) is 41.6 Å². The summed E-state index contributed by atoms with van der Waals surface area (Å²) in [5, 5.41) is 9.57. The highest BCUT2D eigenvalue weighted by molar-refractivity contribution is 7.92. The summed E-state index contributed by atoms with van der Waals surface area (Å²) in [7, 11) is -2.92. The summed E-state index contributed by atoms with van der Waals surface area (Å²) in [5.41, 5.74) is 1.07. The number of carboxylic acid groups (broad SMARTS) is 1. The zero-order chi connectivity index (χ0) is 21.7. The van der Waals surface area contributed by atoms with Crippen molar-refractivity contribution in [1.29, 1.82) is 0 Å². The SMILES string of the molecule is COc1ccc(S(=O)(=O)N(CCC2=CCCCC2)c2ccccc2C(=O)O)cc1F. The standard InChI is InChI=1S/C22H24FNO5S/c1-29-21-12-11-17(15-19(21)23)30(27,28)24(14-13-16-7-3-2-4-8-16)20-10-6-5-9-18(20)22(25)26/h5-7,9-12,15H,2-4,8,13-14H2,1H3,(H,25,26). The topological polar surface area (TPSA) is 83.9 Å². The predicted molar refractivity (Wildman–Crippen MR) is 112 cm³/mol. The molecule has 0 radical (unpaired) electrons. The maximum absolute atomic E-state index is 14.2. The number of rotatable bonds is 8. The van der Waals surface area contributed by atoms with Crippen LogP contribution >= 0.6 is 0 Å². The van der Waals surface area contributed by atoms with E-state index >= 15 is 0 Å². The van der Waals surface area contributed by atoms with E-state index in [2.05, 4.69) is 6.08 Å². The van der Waals surface area contributed by atoms with E-state index in [1.807, 2.05) is 0 Å². The molecule has 1 aliphatic rings. The lowest BCUT2D eigenvalue weighted by molar-refractivity contribution is 0.0697. The van der Waals surface area contributed by atoms with E-state index < -0.39 is 21.8 Å². The van der Waals surface area contributed by atoms with Gasteiger partial charge in [0.2, 0.25) is 0 Å². The molecule has 0 atom stereocenters. The minimum Gasteiger partial charge on any atom is -0.494 e. The van der Waals surface area contributed by atoms with Gasteiger partial charge in [0.15, 0.2) is 11.6 Å². The number of nitrogens with zero attached hydrogens (tertiary/aromatic N) is 1. The molecule has 30 heavy (non-hydrogen) atoms. The van der Waals surface area contributed by atoms with Crippen LogP contribution in [0.5, 0.6) is 5.75 Å². The fraction of sp³-hybridized carbons (Fsp3) is 0.318. The Morgan fingerprint density at radius 2 is 1.97 bits per heavy atom. The second-order valence-corrected chi connectivity index (χ2v) is 8.92. The Balaban J connectivity index is 2.05. The molecule has 0 spiro atoms. The molecule has 1 aliphatic carbocycles. The third kappa shape index (κ3) is 4.64. The molecule has 0 aromatic heterocycles. The van der Waals surface area contributed by atoms with Gasteiger partial charge in [0.05, 0.1) is 23.3 Å². The molecule has 8 heteroatoms.